The summed E-state index contributed by atoms with van der Waals surface area (Å²) in [5, 5.41) is 2.55. The maximum absolute atomic E-state index is 11.9. The Labute approximate surface area is 107 Å². The van der Waals surface area contributed by atoms with Crippen LogP contribution in [0, 0.1) is 5.41 Å². The smallest absolute Gasteiger partial charge is 0.302 e. The van der Waals surface area contributed by atoms with Gasteiger partial charge >= 0.3 is 5.97 Å². The Morgan fingerprint density at radius 3 is 2.22 bits per heavy atom. The summed E-state index contributed by atoms with van der Waals surface area (Å²) in [6.07, 6.45) is -0.471. The predicted octanol–water partition coefficient (Wildman–Crippen LogP) is -0.0790. The molecule has 0 aliphatic carbocycles. The molecule has 0 saturated carbocycles. The number of ether oxygens (including phenoxy) is 1. The van der Waals surface area contributed by atoms with Gasteiger partial charge in [-0.15, -0.1) is 0 Å². The number of hydrogen-bond acceptors (Lipinski definition) is 4. The van der Waals surface area contributed by atoms with Gasteiger partial charge in [0.15, 0.2) is 0 Å². The van der Waals surface area contributed by atoms with Crippen molar-refractivity contribution < 1.29 is 19.1 Å². The first-order valence-electron chi connectivity index (χ1n) is 5.87. The number of rotatable bonds is 2. The minimum Gasteiger partial charge on any atom is -0.460 e. The summed E-state index contributed by atoms with van der Waals surface area (Å²) in [4.78, 5) is 36.1. The van der Waals surface area contributed by atoms with Crippen LogP contribution < -0.4 is 5.32 Å². The molecule has 1 aliphatic rings. The summed E-state index contributed by atoms with van der Waals surface area (Å²) in [5.74, 6) is -0.856. The van der Waals surface area contributed by atoms with Gasteiger partial charge < -0.3 is 15.0 Å². The number of likely N-dealkylation sites (N-methyl/N-ethyl adjacent to an activating group) is 1. The number of hydrogen-bond donors (Lipinski definition) is 1. The zero-order valence-electron chi connectivity index (χ0n) is 11.4. The Morgan fingerprint density at radius 2 is 1.83 bits per heavy atom. The van der Waals surface area contributed by atoms with Crippen LogP contribution in [0.3, 0.4) is 0 Å². The van der Waals surface area contributed by atoms with Crippen LogP contribution in [0.2, 0.25) is 0 Å². The summed E-state index contributed by atoms with van der Waals surface area (Å²) in [5.41, 5.74) is -0.614. The van der Waals surface area contributed by atoms with E-state index in [1.165, 1.54) is 25.8 Å². The standard InChI is InChI=1S/C12H20N2O4/c1-7(15)14-6-9(18-8(2)16)12(3,4)10(14)11(17)13-5/h9-10H,6H2,1-5H3,(H,13,17)/t9-,10+/m0/s1. The molecule has 1 fully saturated rings. The molecule has 0 aromatic heterocycles. The number of nitrogens with zero attached hydrogens (tertiary/aromatic N) is 1. The van der Waals surface area contributed by atoms with E-state index in [9.17, 15) is 14.4 Å². The number of esters is 1. The highest BCUT2D eigenvalue weighted by Gasteiger charge is 2.54. The van der Waals surface area contributed by atoms with Crippen LogP contribution in [0.1, 0.15) is 27.7 Å². The molecule has 2 amide bonds. The van der Waals surface area contributed by atoms with Crippen LogP contribution in [0.4, 0.5) is 0 Å². The molecule has 1 rings (SSSR count). The molecule has 0 aromatic carbocycles. The van der Waals surface area contributed by atoms with Gasteiger partial charge in [-0.05, 0) is 0 Å². The fourth-order valence-corrected chi connectivity index (χ4v) is 2.41. The molecule has 2 atom stereocenters. The zero-order valence-corrected chi connectivity index (χ0v) is 11.4. The van der Waals surface area contributed by atoms with E-state index in [-0.39, 0.29) is 18.4 Å². The van der Waals surface area contributed by atoms with Crippen LogP contribution in [-0.4, -0.2) is 48.4 Å². The molecule has 1 aliphatic heterocycles. The van der Waals surface area contributed by atoms with Crippen molar-refractivity contribution in [2.45, 2.75) is 39.8 Å². The van der Waals surface area contributed by atoms with Crippen LogP contribution in [0.15, 0.2) is 0 Å². The third-order valence-electron chi connectivity index (χ3n) is 3.42. The molecule has 6 heteroatoms. The Hall–Kier alpha value is -1.59. The summed E-state index contributed by atoms with van der Waals surface area (Å²) in [7, 11) is 1.52. The second-order valence-corrected chi connectivity index (χ2v) is 5.11. The lowest BCUT2D eigenvalue weighted by Gasteiger charge is -2.31. The van der Waals surface area contributed by atoms with Crippen molar-refractivity contribution in [2.75, 3.05) is 13.6 Å². The van der Waals surface area contributed by atoms with E-state index in [0.717, 1.165) is 0 Å². The van der Waals surface area contributed by atoms with Crippen molar-refractivity contribution in [3.8, 4) is 0 Å². The molecule has 0 bridgehead atoms. The van der Waals surface area contributed by atoms with E-state index in [1.54, 1.807) is 0 Å². The lowest BCUT2D eigenvalue weighted by atomic mass is 9.82. The van der Waals surface area contributed by atoms with Gasteiger partial charge in [0.2, 0.25) is 11.8 Å². The van der Waals surface area contributed by atoms with Gasteiger partial charge in [0, 0.05) is 26.3 Å². The first-order valence-corrected chi connectivity index (χ1v) is 5.87. The van der Waals surface area contributed by atoms with Crippen molar-refractivity contribution in [1.82, 2.24) is 10.2 Å². The Kier molecular flexibility index (Phi) is 3.98. The van der Waals surface area contributed by atoms with Gasteiger partial charge in [-0.25, -0.2) is 0 Å². The molecule has 0 unspecified atom stereocenters. The second-order valence-electron chi connectivity index (χ2n) is 5.11. The maximum atomic E-state index is 11.9. The summed E-state index contributed by atoms with van der Waals surface area (Å²) >= 11 is 0. The fraction of sp³-hybridized carbons (Fsp3) is 0.750. The molecule has 0 radical (unpaired) electrons. The molecule has 18 heavy (non-hydrogen) atoms. The number of carbonyl (C=O) groups excluding carboxylic acids is 3. The van der Waals surface area contributed by atoms with Gasteiger partial charge in [0.05, 0.1) is 6.54 Å². The lowest BCUT2D eigenvalue weighted by Crippen LogP contribution is -2.50. The molecule has 1 N–H and O–H groups in total. The molecular weight excluding hydrogens is 236 g/mol. The van der Waals surface area contributed by atoms with Gasteiger partial charge in [0.25, 0.3) is 0 Å². The lowest BCUT2D eigenvalue weighted by molar-refractivity contribution is -0.151. The van der Waals surface area contributed by atoms with E-state index in [1.807, 2.05) is 13.8 Å². The van der Waals surface area contributed by atoms with Crippen molar-refractivity contribution >= 4 is 17.8 Å². The van der Waals surface area contributed by atoms with Crippen LogP contribution >= 0.6 is 0 Å². The molecule has 1 heterocycles. The fourth-order valence-electron chi connectivity index (χ4n) is 2.41. The van der Waals surface area contributed by atoms with Gasteiger partial charge in [-0.2, -0.15) is 0 Å². The third kappa shape index (κ3) is 2.47. The Bertz CT molecular complexity index is 378. The van der Waals surface area contributed by atoms with Crippen LogP contribution in [-0.2, 0) is 19.1 Å². The topological polar surface area (TPSA) is 75.7 Å². The van der Waals surface area contributed by atoms with E-state index < -0.39 is 23.5 Å². The summed E-state index contributed by atoms with van der Waals surface area (Å²) in [6, 6.07) is -0.621. The third-order valence-corrected chi connectivity index (χ3v) is 3.42. The maximum Gasteiger partial charge on any atom is 0.302 e. The van der Waals surface area contributed by atoms with E-state index in [4.69, 9.17) is 4.74 Å². The second kappa shape index (κ2) is 4.96. The Balaban J connectivity index is 3.07. The van der Waals surface area contributed by atoms with Gasteiger partial charge in [0.1, 0.15) is 12.1 Å². The first kappa shape index (κ1) is 14.5. The van der Waals surface area contributed by atoms with E-state index in [0.29, 0.717) is 0 Å². The van der Waals surface area contributed by atoms with Gasteiger partial charge in [-0.3, -0.25) is 14.4 Å². The monoisotopic (exact) mass is 256 g/mol. The number of nitrogens with one attached hydrogen (secondary N) is 1. The number of likely N-dealkylation sites (tertiary alicyclic amines) is 1. The minimum atomic E-state index is -0.621. The predicted molar refractivity (Wildman–Crippen MR) is 64.6 cm³/mol. The highest BCUT2D eigenvalue weighted by Crippen LogP contribution is 2.38. The zero-order chi connectivity index (χ0) is 14.1. The van der Waals surface area contributed by atoms with E-state index >= 15 is 0 Å². The van der Waals surface area contributed by atoms with Crippen molar-refractivity contribution in [3.63, 3.8) is 0 Å². The normalized spacial score (nSPS) is 25.7. The summed E-state index contributed by atoms with van der Waals surface area (Å²) in [6.45, 7) is 6.62. The first-order chi connectivity index (χ1) is 8.21. The summed E-state index contributed by atoms with van der Waals surface area (Å²) < 4.78 is 5.22. The van der Waals surface area contributed by atoms with Crippen LogP contribution in [0.5, 0.6) is 0 Å². The van der Waals surface area contributed by atoms with Crippen LogP contribution in [0.25, 0.3) is 0 Å². The Morgan fingerprint density at radius 1 is 1.28 bits per heavy atom. The highest BCUT2D eigenvalue weighted by molar-refractivity contribution is 5.88. The molecule has 102 valence electrons. The largest absolute Gasteiger partial charge is 0.460 e. The molecule has 0 aromatic rings. The average molecular weight is 256 g/mol. The molecular formula is C12H20N2O4. The van der Waals surface area contributed by atoms with Crippen molar-refractivity contribution in [3.05, 3.63) is 0 Å². The molecule has 1 saturated heterocycles. The number of carbonyl (C=O) groups is 3. The highest BCUT2D eigenvalue weighted by atomic mass is 16.5. The minimum absolute atomic E-state index is 0.202. The average Bonchev–Trinajstić information content (AvgIpc) is 2.49. The van der Waals surface area contributed by atoms with E-state index in [2.05, 4.69) is 5.32 Å². The van der Waals surface area contributed by atoms with Crippen molar-refractivity contribution in [2.24, 2.45) is 5.41 Å². The van der Waals surface area contributed by atoms with Gasteiger partial charge in [-0.1, -0.05) is 13.8 Å². The molecule has 6 nitrogen and oxygen atoms in total. The quantitative estimate of drug-likeness (QED) is 0.701. The number of amides is 2. The van der Waals surface area contributed by atoms with Crippen molar-refractivity contribution in [1.29, 1.82) is 0 Å². The molecule has 0 spiro atoms. The SMILES string of the molecule is CNC(=O)[C@H]1N(C(C)=O)C[C@H](OC(C)=O)C1(C)C.